The van der Waals surface area contributed by atoms with Crippen LogP contribution in [0.25, 0.3) is 16.7 Å². The number of carbonyl (C=O) groups is 1. The first-order valence-electron chi connectivity index (χ1n) is 8.31. The molecule has 1 saturated heterocycles. The molecule has 1 fully saturated rings. The minimum absolute atomic E-state index is 0.00775. The van der Waals surface area contributed by atoms with Crippen molar-refractivity contribution in [1.29, 1.82) is 0 Å². The zero-order valence-corrected chi connectivity index (χ0v) is 14.1. The highest BCUT2D eigenvalue weighted by atomic mass is 16.2. The van der Waals surface area contributed by atoms with Crippen molar-refractivity contribution < 1.29 is 4.79 Å². The molecule has 5 rings (SSSR count). The van der Waals surface area contributed by atoms with Crippen molar-refractivity contribution in [3.63, 3.8) is 0 Å². The average molecular weight is 348 g/mol. The van der Waals surface area contributed by atoms with Gasteiger partial charge in [0.15, 0.2) is 5.65 Å². The number of benzene rings is 1. The van der Waals surface area contributed by atoms with E-state index in [1.165, 1.54) is 0 Å². The van der Waals surface area contributed by atoms with E-state index in [4.69, 9.17) is 0 Å². The van der Waals surface area contributed by atoms with E-state index in [2.05, 4.69) is 30.2 Å². The first kappa shape index (κ1) is 14.8. The number of aromatic nitrogens is 6. The predicted molar refractivity (Wildman–Crippen MR) is 95.0 cm³/mol. The number of fused-ring (bicyclic) bond motifs is 2. The van der Waals surface area contributed by atoms with Crippen molar-refractivity contribution in [3.8, 4) is 0 Å². The highest BCUT2D eigenvalue weighted by Crippen LogP contribution is 2.23. The summed E-state index contributed by atoms with van der Waals surface area (Å²) in [7, 11) is 1.85. The summed E-state index contributed by atoms with van der Waals surface area (Å²) >= 11 is 0. The number of carbonyl (C=O) groups excluding carboxylic acids is 1. The fraction of sp³-hybridized carbons (Fsp3) is 0.235. The molecule has 1 aliphatic rings. The molecule has 0 unspecified atom stereocenters. The molecule has 130 valence electrons. The van der Waals surface area contributed by atoms with E-state index in [0.717, 1.165) is 29.9 Å². The number of aromatic amines is 1. The Morgan fingerprint density at radius 2 is 2.15 bits per heavy atom. The quantitative estimate of drug-likeness (QED) is 0.592. The monoisotopic (exact) mass is 348 g/mol. The Labute approximate surface area is 148 Å². The Bertz CT molecular complexity index is 1110. The van der Waals surface area contributed by atoms with Crippen molar-refractivity contribution in [3.05, 3.63) is 48.5 Å². The van der Waals surface area contributed by atoms with Crippen LogP contribution in [-0.4, -0.2) is 66.8 Å². The third kappa shape index (κ3) is 2.28. The van der Waals surface area contributed by atoms with Crippen molar-refractivity contribution in [2.24, 2.45) is 0 Å². The summed E-state index contributed by atoms with van der Waals surface area (Å²) in [6, 6.07) is 9.49. The summed E-state index contributed by atoms with van der Waals surface area (Å²) in [4.78, 5) is 23.9. The van der Waals surface area contributed by atoms with Crippen LogP contribution < -0.4 is 4.90 Å². The van der Waals surface area contributed by atoms with E-state index in [1.807, 2.05) is 37.4 Å². The first-order valence-corrected chi connectivity index (χ1v) is 8.31. The van der Waals surface area contributed by atoms with E-state index in [0.29, 0.717) is 11.2 Å². The molecule has 0 spiro atoms. The van der Waals surface area contributed by atoms with Crippen LogP contribution in [0.4, 0.5) is 5.82 Å². The lowest BCUT2D eigenvalue weighted by molar-refractivity contribution is 0.0705. The van der Waals surface area contributed by atoms with E-state index in [9.17, 15) is 4.79 Å². The minimum Gasteiger partial charge on any atom is -0.351 e. The van der Waals surface area contributed by atoms with Crippen LogP contribution >= 0.6 is 0 Å². The molecule has 1 aromatic carbocycles. The summed E-state index contributed by atoms with van der Waals surface area (Å²) in [5, 5.41) is 12.3. The second kappa shape index (κ2) is 5.51. The molecule has 1 aliphatic heterocycles. The lowest BCUT2D eigenvalue weighted by atomic mass is 10.1. The molecular formula is C17H16N8O. The number of nitrogens with zero attached hydrogens (tertiary/aromatic N) is 7. The number of hydrogen-bond donors (Lipinski definition) is 1. The van der Waals surface area contributed by atoms with Crippen LogP contribution in [0.1, 0.15) is 10.4 Å². The summed E-state index contributed by atoms with van der Waals surface area (Å²) in [6.45, 7) is 1.49. The zero-order chi connectivity index (χ0) is 17.7. The standard InChI is InChI=1S/C17H16N8O/c1-23(17(26)11-2-3-13-14(6-11)19-9-18-13)12-7-24(8-12)16-5-4-15-21-20-10-25(15)22-16/h2-6,9-10,12H,7-8H2,1H3,(H,18,19). The van der Waals surface area contributed by atoms with Crippen LogP contribution in [-0.2, 0) is 0 Å². The SMILES string of the molecule is CN(C(=O)c1ccc2nc[nH]c2c1)C1CN(c2ccc3nncn3n2)C1. The van der Waals surface area contributed by atoms with Crippen LogP contribution in [0.3, 0.4) is 0 Å². The van der Waals surface area contributed by atoms with Gasteiger partial charge in [-0.25, -0.2) is 4.98 Å². The van der Waals surface area contributed by atoms with Gasteiger partial charge in [-0.15, -0.1) is 15.3 Å². The molecular weight excluding hydrogens is 332 g/mol. The Morgan fingerprint density at radius 3 is 3.04 bits per heavy atom. The van der Waals surface area contributed by atoms with E-state index >= 15 is 0 Å². The van der Waals surface area contributed by atoms with Gasteiger partial charge in [0.25, 0.3) is 5.91 Å². The molecule has 0 radical (unpaired) electrons. The van der Waals surface area contributed by atoms with E-state index in [-0.39, 0.29) is 11.9 Å². The number of imidazole rings is 1. The molecule has 4 aromatic rings. The maximum absolute atomic E-state index is 12.8. The number of nitrogens with one attached hydrogen (secondary N) is 1. The van der Waals surface area contributed by atoms with Gasteiger partial charge in [-0.3, -0.25) is 4.79 Å². The first-order chi connectivity index (χ1) is 12.7. The summed E-state index contributed by atoms with van der Waals surface area (Å²) in [5.41, 5.74) is 3.10. The van der Waals surface area contributed by atoms with Gasteiger partial charge in [-0.2, -0.15) is 4.52 Å². The smallest absolute Gasteiger partial charge is 0.254 e. The van der Waals surface area contributed by atoms with Gasteiger partial charge >= 0.3 is 0 Å². The van der Waals surface area contributed by atoms with Gasteiger partial charge < -0.3 is 14.8 Å². The Hall–Kier alpha value is -3.49. The summed E-state index contributed by atoms with van der Waals surface area (Å²) < 4.78 is 1.65. The Kier molecular flexibility index (Phi) is 3.14. The van der Waals surface area contributed by atoms with Crippen molar-refractivity contribution in [2.45, 2.75) is 6.04 Å². The molecule has 1 amide bonds. The largest absolute Gasteiger partial charge is 0.351 e. The fourth-order valence-electron chi connectivity index (χ4n) is 3.21. The highest BCUT2D eigenvalue weighted by Gasteiger charge is 2.33. The Morgan fingerprint density at radius 1 is 1.27 bits per heavy atom. The normalized spacial score (nSPS) is 14.7. The Balaban J connectivity index is 1.29. The second-order valence-corrected chi connectivity index (χ2v) is 6.43. The van der Waals surface area contributed by atoms with Gasteiger partial charge in [0.1, 0.15) is 12.1 Å². The number of rotatable bonds is 3. The molecule has 4 heterocycles. The topological polar surface area (TPSA) is 95.3 Å². The number of amides is 1. The van der Waals surface area contributed by atoms with Gasteiger partial charge in [-0.1, -0.05) is 0 Å². The van der Waals surface area contributed by atoms with Gasteiger partial charge in [0, 0.05) is 25.7 Å². The number of likely N-dealkylation sites (N-methyl/N-ethyl adjacent to an activating group) is 1. The average Bonchev–Trinajstić information content (AvgIpc) is 3.27. The lowest BCUT2D eigenvalue weighted by Crippen LogP contribution is -2.60. The van der Waals surface area contributed by atoms with E-state index in [1.54, 1.807) is 22.1 Å². The van der Waals surface area contributed by atoms with Crippen molar-refractivity contribution in [1.82, 2.24) is 34.7 Å². The molecule has 9 nitrogen and oxygen atoms in total. The van der Waals surface area contributed by atoms with Crippen LogP contribution in [0, 0.1) is 0 Å². The zero-order valence-electron chi connectivity index (χ0n) is 14.1. The number of anilines is 1. The van der Waals surface area contributed by atoms with Crippen molar-refractivity contribution >= 4 is 28.4 Å². The molecule has 3 aromatic heterocycles. The predicted octanol–water partition coefficient (Wildman–Crippen LogP) is 0.961. The van der Waals surface area contributed by atoms with Gasteiger partial charge in [0.2, 0.25) is 0 Å². The van der Waals surface area contributed by atoms with Crippen LogP contribution in [0.5, 0.6) is 0 Å². The van der Waals surface area contributed by atoms with Crippen LogP contribution in [0.2, 0.25) is 0 Å². The van der Waals surface area contributed by atoms with Gasteiger partial charge in [0.05, 0.1) is 23.4 Å². The maximum atomic E-state index is 12.8. The maximum Gasteiger partial charge on any atom is 0.254 e. The third-order valence-electron chi connectivity index (χ3n) is 4.87. The molecule has 0 bridgehead atoms. The molecule has 1 N–H and O–H groups in total. The van der Waals surface area contributed by atoms with Gasteiger partial charge in [-0.05, 0) is 30.3 Å². The molecule has 26 heavy (non-hydrogen) atoms. The fourth-order valence-corrected chi connectivity index (χ4v) is 3.21. The summed E-state index contributed by atoms with van der Waals surface area (Å²) in [5.74, 6) is 0.863. The summed E-state index contributed by atoms with van der Waals surface area (Å²) in [6.07, 6.45) is 3.21. The molecule has 0 aliphatic carbocycles. The lowest BCUT2D eigenvalue weighted by Gasteiger charge is -2.44. The van der Waals surface area contributed by atoms with E-state index < -0.39 is 0 Å². The highest BCUT2D eigenvalue weighted by molar-refractivity contribution is 5.97. The second-order valence-electron chi connectivity index (χ2n) is 6.43. The number of hydrogen-bond acceptors (Lipinski definition) is 6. The minimum atomic E-state index is 0.00775. The molecule has 0 atom stereocenters. The number of H-pyrrole nitrogens is 1. The van der Waals surface area contributed by atoms with Crippen molar-refractivity contribution in [2.75, 3.05) is 25.0 Å². The molecule has 9 heteroatoms. The van der Waals surface area contributed by atoms with Crippen LogP contribution in [0.15, 0.2) is 43.0 Å². The molecule has 0 saturated carbocycles. The third-order valence-corrected chi connectivity index (χ3v) is 4.87.